The zero-order valence-corrected chi connectivity index (χ0v) is 15.9. The summed E-state index contributed by atoms with van der Waals surface area (Å²) < 4.78 is 19.2. The number of carbonyl (C=O) groups is 2. The van der Waals surface area contributed by atoms with E-state index in [4.69, 9.17) is 10.6 Å². The maximum absolute atomic E-state index is 13.9. The van der Waals surface area contributed by atoms with Crippen LogP contribution in [0.1, 0.15) is 16.7 Å². The highest BCUT2D eigenvalue weighted by Gasteiger charge is 2.36. The first-order valence-corrected chi connectivity index (χ1v) is 9.27. The third kappa shape index (κ3) is 3.83. The minimum Gasteiger partial charge on any atom is -0.459 e. The zero-order valence-electron chi connectivity index (χ0n) is 15.9. The van der Waals surface area contributed by atoms with Gasteiger partial charge >= 0.3 is 5.97 Å². The van der Waals surface area contributed by atoms with E-state index in [2.05, 4.69) is 4.99 Å². The number of amides is 1. The molecule has 1 aliphatic heterocycles. The predicted octanol–water partition coefficient (Wildman–Crippen LogP) is 3.00. The molecule has 2 N–H and O–H groups in total. The molecule has 1 heterocycles. The molecule has 0 saturated heterocycles. The second-order valence-electron chi connectivity index (χ2n) is 6.71. The first kappa shape index (κ1) is 19.5. The largest absolute Gasteiger partial charge is 0.459 e. The van der Waals surface area contributed by atoms with Gasteiger partial charge in [0, 0.05) is 11.1 Å². The van der Waals surface area contributed by atoms with Gasteiger partial charge in [-0.3, -0.25) is 9.79 Å². The third-order valence-electron chi connectivity index (χ3n) is 4.69. The molecule has 7 heteroatoms. The van der Waals surface area contributed by atoms with Crippen LogP contribution in [0.15, 0.2) is 83.9 Å². The SMILES string of the molecule is NN1C(=O)C(C(=O)OCc2ccccc2)N=C(c2cccc(F)c2)c2ccccc21. The Balaban J connectivity index is 1.74. The van der Waals surface area contributed by atoms with Crippen molar-refractivity contribution in [3.63, 3.8) is 0 Å². The standard InChI is InChI=1S/C23H18FN3O3/c24-17-10-6-9-16(13-17)20-18-11-4-5-12-19(18)27(25)22(28)21(26-20)23(29)30-14-15-7-2-1-3-8-15/h1-13,21H,14,25H2. The van der Waals surface area contributed by atoms with Crippen LogP contribution >= 0.6 is 0 Å². The van der Waals surface area contributed by atoms with Crippen LogP contribution in [0.3, 0.4) is 0 Å². The van der Waals surface area contributed by atoms with Gasteiger partial charge in [0.25, 0.3) is 5.91 Å². The minimum absolute atomic E-state index is 0.00814. The number of ether oxygens (including phenoxy) is 1. The van der Waals surface area contributed by atoms with Crippen LogP contribution < -0.4 is 10.9 Å². The molecule has 1 aliphatic rings. The van der Waals surface area contributed by atoms with Crippen LogP contribution in [-0.2, 0) is 20.9 Å². The van der Waals surface area contributed by atoms with Gasteiger partial charge in [0.15, 0.2) is 0 Å². The molecule has 0 aliphatic carbocycles. The summed E-state index contributed by atoms with van der Waals surface area (Å²) in [6.45, 7) is -0.00814. The molecular weight excluding hydrogens is 385 g/mol. The van der Waals surface area contributed by atoms with E-state index in [1.165, 1.54) is 18.2 Å². The van der Waals surface area contributed by atoms with Crippen LogP contribution in [0.5, 0.6) is 0 Å². The molecule has 150 valence electrons. The lowest BCUT2D eigenvalue weighted by Crippen LogP contribution is -2.46. The van der Waals surface area contributed by atoms with Gasteiger partial charge in [-0.2, -0.15) is 0 Å². The number of carbonyl (C=O) groups excluding carboxylic acids is 2. The molecule has 1 atom stereocenters. The lowest BCUT2D eigenvalue weighted by Gasteiger charge is -2.19. The number of nitrogens with zero attached hydrogens (tertiary/aromatic N) is 2. The van der Waals surface area contributed by atoms with E-state index >= 15 is 0 Å². The number of hydrogen-bond acceptors (Lipinski definition) is 5. The summed E-state index contributed by atoms with van der Waals surface area (Å²) in [5.74, 6) is 4.00. The molecule has 3 aromatic carbocycles. The Morgan fingerprint density at radius 1 is 1.03 bits per heavy atom. The molecule has 6 nitrogen and oxygen atoms in total. The molecule has 30 heavy (non-hydrogen) atoms. The van der Waals surface area contributed by atoms with Gasteiger partial charge < -0.3 is 4.74 Å². The fourth-order valence-corrected chi connectivity index (χ4v) is 3.22. The Morgan fingerprint density at radius 2 is 1.77 bits per heavy atom. The van der Waals surface area contributed by atoms with Gasteiger partial charge in [-0.15, -0.1) is 0 Å². The molecular formula is C23H18FN3O3. The van der Waals surface area contributed by atoms with Crippen molar-refractivity contribution < 1.29 is 18.7 Å². The van der Waals surface area contributed by atoms with Crippen molar-refractivity contribution in [3.8, 4) is 0 Å². The van der Waals surface area contributed by atoms with E-state index in [1.54, 1.807) is 42.5 Å². The number of aliphatic imine (C=N–C) groups is 1. The molecule has 0 saturated carbocycles. The van der Waals surface area contributed by atoms with Gasteiger partial charge in [0.05, 0.1) is 11.4 Å². The lowest BCUT2D eigenvalue weighted by atomic mass is 10.0. The second kappa shape index (κ2) is 8.26. The summed E-state index contributed by atoms with van der Waals surface area (Å²) in [5.41, 5.74) is 2.36. The number of hydrazine groups is 1. The van der Waals surface area contributed by atoms with Crippen molar-refractivity contribution >= 4 is 23.3 Å². The summed E-state index contributed by atoms with van der Waals surface area (Å²) in [6, 6.07) is 20.2. The molecule has 4 rings (SSSR count). The molecule has 0 spiro atoms. The Bertz CT molecular complexity index is 1130. The van der Waals surface area contributed by atoms with E-state index in [0.29, 0.717) is 16.8 Å². The summed E-state index contributed by atoms with van der Waals surface area (Å²) in [7, 11) is 0. The fraction of sp³-hybridized carbons (Fsp3) is 0.0870. The van der Waals surface area contributed by atoms with Crippen molar-refractivity contribution in [2.45, 2.75) is 12.6 Å². The molecule has 1 amide bonds. The smallest absolute Gasteiger partial charge is 0.341 e. The van der Waals surface area contributed by atoms with Crippen molar-refractivity contribution in [3.05, 3.63) is 101 Å². The van der Waals surface area contributed by atoms with Crippen molar-refractivity contribution in [2.24, 2.45) is 10.8 Å². The van der Waals surface area contributed by atoms with Gasteiger partial charge in [-0.05, 0) is 23.8 Å². The van der Waals surface area contributed by atoms with Crippen LogP contribution in [0.4, 0.5) is 10.1 Å². The van der Waals surface area contributed by atoms with Crippen LogP contribution in [0.25, 0.3) is 0 Å². The maximum atomic E-state index is 13.9. The van der Waals surface area contributed by atoms with Crippen molar-refractivity contribution in [1.29, 1.82) is 0 Å². The number of halogens is 1. The van der Waals surface area contributed by atoms with Crippen LogP contribution in [0, 0.1) is 5.82 Å². The molecule has 3 aromatic rings. The van der Waals surface area contributed by atoms with E-state index in [-0.39, 0.29) is 12.3 Å². The van der Waals surface area contributed by atoms with Gasteiger partial charge in [-0.25, -0.2) is 20.0 Å². The highest BCUT2D eigenvalue weighted by molar-refractivity contribution is 6.22. The number of benzene rings is 3. The maximum Gasteiger partial charge on any atom is 0.341 e. The average molecular weight is 403 g/mol. The van der Waals surface area contributed by atoms with Crippen molar-refractivity contribution in [1.82, 2.24) is 0 Å². The Labute approximate surface area is 172 Å². The topological polar surface area (TPSA) is 85.0 Å². The highest BCUT2D eigenvalue weighted by atomic mass is 19.1. The Hall–Kier alpha value is -3.84. The number of esters is 1. The van der Waals surface area contributed by atoms with Gasteiger partial charge in [0.2, 0.25) is 6.04 Å². The number of para-hydroxylation sites is 1. The molecule has 0 radical (unpaired) electrons. The monoisotopic (exact) mass is 403 g/mol. The molecule has 0 fully saturated rings. The average Bonchev–Trinajstić information content (AvgIpc) is 2.88. The van der Waals surface area contributed by atoms with Crippen LogP contribution in [-0.4, -0.2) is 23.6 Å². The number of anilines is 1. The summed E-state index contributed by atoms with van der Waals surface area (Å²) in [6.07, 6.45) is 0. The zero-order chi connectivity index (χ0) is 21.1. The van der Waals surface area contributed by atoms with E-state index in [0.717, 1.165) is 10.6 Å². The number of nitrogens with two attached hydrogens (primary N) is 1. The molecule has 1 unspecified atom stereocenters. The molecule has 0 aromatic heterocycles. The van der Waals surface area contributed by atoms with E-state index in [1.807, 2.05) is 18.2 Å². The summed E-state index contributed by atoms with van der Waals surface area (Å²) in [5, 5.41) is 0.888. The van der Waals surface area contributed by atoms with E-state index in [9.17, 15) is 14.0 Å². The summed E-state index contributed by atoms with van der Waals surface area (Å²) in [4.78, 5) is 30.1. The fourth-order valence-electron chi connectivity index (χ4n) is 3.22. The third-order valence-corrected chi connectivity index (χ3v) is 4.69. The number of benzodiazepines with no additional fused rings is 1. The lowest BCUT2D eigenvalue weighted by molar-refractivity contribution is -0.149. The molecule has 0 bridgehead atoms. The first-order valence-electron chi connectivity index (χ1n) is 9.27. The number of hydrogen-bond donors (Lipinski definition) is 1. The summed E-state index contributed by atoms with van der Waals surface area (Å²) >= 11 is 0. The van der Waals surface area contributed by atoms with Gasteiger partial charge in [-0.1, -0.05) is 60.7 Å². The highest BCUT2D eigenvalue weighted by Crippen LogP contribution is 2.27. The number of rotatable bonds is 4. The van der Waals surface area contributed by atoms with E-state index < -0.39 is 23.7 Å². The van der Waals surface area contributed by atoms with Crippen molar-refractivity contribution in [2.75, 3.05) is 5.01 Å². The Morgan fingerprint density at radius 3 is 2.53 bits per heavy atom. The Kier molecular flexibility index (Phi) is 5.36. The van der Waals surface area contributed by atoms with Crippen LogP contribution in [0.2, 0.25) is 0 Å². The quantitative estimate of drug-likeness (QED) is 0.314. The minimum atomic E-state index is -1.51. The van der Waals surface area contributed by atoms with Gasteiger partial charge in [0.1, 0.15) is 12.4 Å². The normalized spacial score (nSPS) is 15.8. The first-order chi connectivity index (χ1) is 14.5. The number of fused-ring (bicyclic) bond motifs is 1. The second-order valence-corrected chi connectivity index (χ2v) is 6.71. The predicted molar refractivity (Wildman–Crippen MR) is 110 cm³/mol.